The maximum absolute atomic E-state index is 13.1. The molecule has 0 atom stereocenters. The Hall–Kier alpha value is -3.86. The topological polar surface area (TPSA) is 58.6 Å². The standard InChI is InChI=1S/C25H22N2O3/c1-18-8-7-11-20(14-18)15-23-25(29)27(21-12-5-6-13-22(21)30-23)17-24(28)26-16-19-9-3-2-4-10-19/h2-15H,16-17H2,1H3,(H,26,28). The zero-order chi connectivity index (χ0) is 20.9. The second kappa shape index (κ2) is 8.66. The van der Waals surface area contributed by atoms with Gasteiger partial charge in [-0.3, -0.25) is 14.5 Å². The molecule has 1 aliphatic heterocycles. The third-order valence-electron chi connectivity index (χ3n) is 4.81. The van der Waals surface area contributed by atoms with E-state index in [4.69, 9.17) is 4.74 Å². The van der Waals surface area contributed by atoms with Gasteiger partial charge in [0.25, 0.3) is 5.91 Å². The van der Waals surface area contributed by atoms with Crippen molar-refractivity contribution < 1.29 is 14.3 Å². The van der Waals surface area contributed by atoms with Gasteiger partial charge >= 0.3 is 0 Å². The Morgan fingerprint density at radius 3 is 2.57 bits per heavy atom. The number of hydrogen-bond donors (Lipinski definition) is 1. The van der Waals surface area contributed by atoms with Crippen LogP contribution in [0.1, 0.15) is 16.7 Å². The lowest BCUT2D eigenvalue weighted by Gasteiger charge is -2.30. The minimum absolute atomic E-state index is 0.0861. The number of benzene rings is 3. The molecule has 1 aliphatic rings. The highest BCUT2D eigenvalue weighted by atomic mass is 16.5. The van der Waals surface area contributed by atoms with Crippen molar-refractivity contribution in [2.75, 3.05) is 11.4 Å². The summed E-state index contributed by atoms with van der Waals surface area (Å²) in [6.45, 7) is 2.31. The average Bonchev–Trinajstić information content (AvgIpc) is 2.76. The molecule has 0 saturated heterocycles. The molecule has 0 unspecified atom stereocenters. The third-order valence-corrected chi connectivity index (χ3v) is 4.81. The molecule has 5 heteroatoms. The van der Waals surface area contributed by atoms with Gasteiger partial charge in [-0.1, -0.05) is 72.3 Å². The Balaban J connectivity index is 1.56. The monoisotopic (exact) mass is 398 g/mol. The highest BCUT2D eigenvalue weighted by molar-refractivity contribution is 6.12. The van der Waals surface area contributed by atoms with Crippen LogP contribution >= 0.6 is 0 Å². The zero-order valence-electron chi connectivity index (χ0n) is 16.7. The van der Waals surface area contributed by atoms with Crippen LogP contribution in [0.5, 0.6) is 5.75 Å². The summed E-state index contributed by atoms with van der Waals surface area (Å²) in [6, 6.07) is 24.7. The van der Waals surface area contributed by atoms with Crippen LogP contribution in [-0.2, 0) is 16.1 Å². The van der Waals surface area contributed by atoms with Crippen molar-refractivity contribution in [2.45, 2.75) is 13.5 Å². The number of amides is 2. The van der Waals surface area contributed by atoms with E-state index in [0.29, 0.717) is 18.0 Å². The van der Waals surface area contributed by atoms with Crippen LogP contribution in [-0.4, -0.2) is 18.4 Å². The van der Waals surface area contributed by atoms with Gasteiger partial charge < -0.3 is 10.1 Å². The predicted molar refractivity (Wildman–Crippen MR) is 117 cm³/mol. The number of carbonyl (C=O) groups is 2. The van der Waals surface area contributed by atoms with Gasteiger partial charge in [0.05, 0.1) is 5.69 Å². The maximum atomic E-state index is 13.1. The number of nitrogens with zero attached hydrogens (tertiary/aromatic N) is 1. The minimum Gasteiger partial charge on any atom is -0.449 e. The molecule has 1 N–H and O–H groups in total. The lowest BCUT2D eigenvalue weighted by Crippen LogP contribution is -2.44. The first-order valence-corrected chi connectivity index (χ1v) is 9.78. The molecule has 5 nitrogen and oxygen atoms in total. The van der Waals surface area contributed by atoms with E-state index in [1.807, 2.05) is 73.7 Å². The van der Waals surface area contributed by atoms with E-state index in [-0.39, 0.29) is 24.1 Å². The number of fused-ring (bicyclic) bond motifs is 1. The molecule has 0 aliphatic carbocycles. The molecule has 30 heavy (non-hydrogen) atoms. The summed E-state index contributed by atoms with van der Waals surface area (Å²) in [4.78, 5) is 27.2. The summed E-state index contributed by atoms with van der Waals surface area (Å²) in [7, 11) is 0. The quantitative estimate of drug-likeness (QED) is 0.659. The van der Waals surface area contributed by atoms with Gasteiger partial charge in [0, 0.05) is 6.54 Å². The van der Waals surface area contributed by atoms with Crippen molar-refractivity contribution in [3.05, 3.63) is 101 Å². The molecule has 0 spiro atoms. The molecule has 4 rings (SSSR count). The molecule has 150 valence electrons. The van der Waals surface area contributed by atoms with Gasteiger partial charge in [0.1, 0.15) is 6.54 Å². The normalized spacial score (nSPS) is 14.2. The molecule has 0 saturated carbocycles. The van der Waals surface area contributed by atoms with Gasteiger partial charge in [-0.15, -0.1) is 0 Å². The number of carbonyl (C=O) groups excluding carboxylic acids is 2. The third kappa shape index (κ3) is 4.41. The summed E-state index contributed by atoms with van der Waals surface area (Å²) in [5.74, 6) is 0.158. The highest BCUT2D eigenvalue weighted by Gasteiger charge is 2.31. The van der Waals surface area contributed by atoms with Gasteiger partial charge in [0.15, 0.2) is 11.5 Å². The number of rotatable bonds is 5. The smallest absolute Gasteiger partial charge is 0.294 e. The number of para-hydroxylation sites is 2. The molecular formula is C25H22N2O3. The highest BCUT2D eigenvalue weighted by Crippen LogP contribution is 2.35. The van der Waals surface area contributed by atoms with E-state index in [1.165, 1.54) is 4.90 Å². The van der Waals surface area contributed by atoms with Gasteiger partial charge in [-0.05, 0) is 36.3 Å². The van der Waals surface area contributed by atoms with E-state index in [0.717, 1.165) is 16.7 Å². The maximum Gasteiger partial charge on any atom is 0.294 e. The molecule has 0 aromatic heterocycles. The summed E-state index contributed by atoms with van der Waals surface area (Å²) in [6.07, 6.45) is 1.71. The van der Waals surface area contributed by atoms with Crippen LogP contribution < -0.4 is 15.0 Å². The Morgan fingerprint density at radius 2 is 1.77 bits per heavy atom. The fourth-order valence-corrected chi connectivity index (χ4v) is 3.33. The Morgan fingerprint density at radius 1 is 1.00 bits per heavy atom. The van der Waals surface area contributed by atoms with Crippen molar-refractivity contribution in [3.8, 4) is 5.75 Å². The SMILES string of the molecule is Cc1cccc(C=C2Oc3ccccc3N(CC(=O)NCc3ccccc3)C2=O)c1. The largest absolute Gasteiger partial charge is 0.449 e. The zero-order valence-corrected chi connectivity index (χ0v) is 16.7. The van der Waals surface area contributed by atoms with E-state index in [2.05, 4.69) is 5.32 Å². The van der Waals surface area contributed by atoms with Crippen LogP contribution in [0, 0.1) is 6.92 Å². The van der Waals surface area contributed by atoms with Crippen molar-refractivity contribution in [3.63, 3.8) is 0 Å². The predicted octanol–water partition coefficient (Wildman–Crippen LogP) is 4.08. The van der Waals surface area contributed by atoms with Crippen molar-refractivity contribution in [2.24, 2.45) is 0 Å². The molecule has 0 radical (unpaired) electrons. The lowest BCUT2D eigenvalue weighted by molar-refractivity contribution is -0.123. The first-order valence-electron chi connectivity index (χ1n) is 9.78. The Kier molecular flexibility index (Phi) is 5.61. The molecule has 0 bridgehead atoms. The molecule has 3 aromatic rings. The molecule has 0 fully saturated rings. The van der Waals surface area contributed by atoms with Crippen LogP contribution in [0.4, 0.5) is 5.69 Å². The van der Waals surface area contributed by atoms with Gasteiger partial charge in [0.2, 0.25) is 5.91 Å². The summed E-state index contributed by atoms with van der Waals surface area (Å²) in [5, 5.41) is 2.88. The van der Waals surface area contributed by atoms with E-state index >= 15 is 0 Å². The second-order valence-corrected chi connectivity index (χ2v) is 7.15. The Bertz CT molecular complexity index is 1110. The average molecular weight is 398 g/mol. The molecule has 1 heterocycles. The van der Waals surface area contributed by atoms with Gasteiger partial charge in [-0.25, -0.2) is 0 Å². The summed E-state index contributed by atoms with van der Waals surface area (Å²) < 4.78 is 5.87. The van der Waals surface area contributed by atoms with Crippen LogP contribution in [0.3, 0.4) is 0 Å². The van der Waals surface area contributed by atoms with E-state index in [9.17, 15) is 9.59 Å². The van der Waals surface area contributed by atoms with Crippen LogP contribution in [0.15, 0.2) is 84.6 Å². The van der Waals surface area contributed by atoms with Crippen molar-refractivity contribution >= 4 is 23.6 Å². The number of anilines is 1. The van der Waals surface area contributed by atoms with Crippen molar-refractivity contribution in [1.29, 1.82) is 0 Å². The van der Waals surface area contributed by atoms with Gasteiger partial charge in [-0.2, -0.15) is 0 Å². The minimum atomic E-state index is -0.343. The molecule has 3 aromatic carbocycles. The number of ether oxygens (including phenoxy) is 1. The van der Waals surface area contributed by atoms with E-state index < -0.39 is 0 Å². The van der Waals surface area contributed by atoms with Crippen LogP contribution in [0.25, 0.3) is 6.08 Å². The fourth-order valence-electron chi connectivity index (χ4n) is 3.33. The molecule has 2 amide bonds. The van der Waals surface area contributed by atoms with E-state index in [1.54, 1.807) is 18.2 Å². The fraction of sp³-hybridized carbons (Fsp3) is 0.120. The Labute approximate surface area is 175 Å². The molecular weight excluding hydrogens is 376 g/mol. The summed E-state index contributed by atoms with van der Waals surface area (Å²) in [5.41, 5.74) is 3.54. The number of hydrogen-bond acceptors (Lipinski definition) is 3. The first-order chi connectivity index (χ1) is 14.6. The van der Waals surface area contributed by atoms with Crippen molar-refractivity contribution in [1.82, 2.24) is 5.32 Å². The number of aryl methyl sites for hydroxylation is 1. The number of nitrogens with one attached hydrogen (secondary N) is 1. The summed E-state index contributed by atoms with van der Waals surface area (Å²) >= 11 is 0. The first kappa shape index (κ1) is 19.5. The second-order valence-electron chi connectivity index (χ2n) is 7.15. The van der Waals surface area contributed by atoms with Crippen LogP contribution in [0.2, 0.25) is 0 Å². The lowest BCUT2D eigenvalue weighted by atomic mass is 10.1.